The third-order valence-electron chi connectivity index (χ3n) is 5.87. The van der Waals surface area contributed by atoms with Crippen LogP contribution in [0.25, 0.3) is 0 Å². The van der Waals surface area contributed by atoms with Crippen molar-refractivity contribution in [2.45, 2.75) is 39.5 Å². The van der Waals surface area contributed by atoms with Crippen molar-refractivity contribution in [1.82, 2.24) is 10.3 Å². The van der Waals surface area contributed by atoms with Gasteiger partial charge in [-0.05, 0) is 43.4 Å². The Morgan fingerprint density at radius 3 is 2.50 bits per heavy atom. The molecular formula is C24H24N4O4. The number of nitro groups is 1. The molecule has 0 bridgehead atoms. The average Bonchev–Trinajstić information content (AvgIpc) is 2.74. The molecule has 8 nitrogen and oxygen atoms in total. The van der Waals surface area contributed by atoms with Gasteiger partial charge in [0.25, 0.3) is 11.6 Å². The van der Waals surface area contributed by atoms with Crippen molar-refractivity contribution >= 4 is 23.2 Å². The number of hydrogen-bond donors (Lipinski definition) is 2. The Hall–Kier alpha value is -3.81. The predicted octanol–water partition coefficient (Wildman–Crippen LogP) is 4.15. The molecule has 0 spiro atoms. The molecule has 2 unspecified atom stereocenters. The first-order chi connectivity index (χ1) is 15.2. The second-order valence-corrected chi connectivity index (χ2v) is 8.45. The van der Waals surface area contributed by atoms with Gasteiger partial charge in [-0.1, -0.05) is 25.1 Å². The number of carbonyl (C=O) groups excluding carboxylic acids is 2. The van der Waals surface area contributed by atoms with E-state index < -0.39 is 10.8 Å². The first kappa shape index (κ1) is 21.4. The topological polar surface area (TPSA) is 114 Å². The number of non-ortho nitro benzene ring substituents is 1. The Balaban J connectivity index is 1.78. The number of hydrogen-bond acceptors (Lipinski definition) is 6. The fourth-order valence-corrected chi connectivity index (χ4v) is 4.38. The zero-order valence-electron chi connectivity index (χ0n) is 18.1. The van der Waals surface area contributed by atoms with Gasteiger partial charge in [-0.25, -0.2) is 4.98 Å². The summed E-state index contributed by atoms with van der Waals surface area (Å²) in [7, 11) is 0. The Morgan fingerprint density at radius 2 is 1.88 bits per heavy atom. The van der Waals surface area contributed by atoms with E-state index in [0.29, 0.717) is 41.1 Å². The number of carbonyl (C=O) groups is 2. The van der Waals surface area contributed by atoms with Crippen LogP contribution in [0.3, 0.4) is 0 Å². The molecule has 2 aromatic rings. The summed E-state index contributed by atoms with van der Waals surface area (Å²) < 4.78 is 0. The van der Waals surface area contributed by atoms with E-state index >= 15 is 0 Å². The first-order valence-electron chi connectivity index (χ1n) is 10.5. The van der Waals surface area contributed by atoms with E-state index in [-0.39, 0.29) is 23.3 Å². The number of Topliss-reactive ketones (excluding diaryl/α,β-unsaturated/α-hetero) is 1. The number of nitro benzene ring substituents is 1. The molecule has 164 valence electrons. The Bertz CT molecular complexity index is 1160. The van der Waals surface area contributed by atoms with Crippen LogP contribution in [0.15, 0.2) is 65.1 Å². The lowest BCUT2D eigenvalue weighted by Crippen LogP contribution is -2.37. The minimum Gasteiger partial charge on any atom is -0.362 e. The molecule has 0 fully saturated rings. The number of amides is 1. The number of pyridine rings is 1. The number of benzene rings is 1. The molecule has 2 aliphatic rings. The number of dihydropyridines is 1. The summed E-state index contributed by atoms with van der Waals surface area (Å²) in [6.07, 6.45) is 2.77. The lowest BCUT2D eigenvalue weighted by Gasteiger charge is -2.36. The number of nitrogens with one attached hydrogen (secondary N) is 2. The monoisotopic (exact) mass is 432 g/mol. The van der Waals surface area contributed by atoms with Gasteiger partial charge in [0.05, 0.1) is 4.92 Å². The number of aryl methyl sites for hydroxylation is 1. The van der Waals surface area contributed by atoms with Gasteiger partial charge < -0.3 is 10.6 Å². The minimum atomic E-state index is -0.613. The van der Waals surface area contributed by atoms with Crippen LogP contribution < -0.4 is 10.6 Å². The second-order valence-electron chi connectivity index (χ2n) is 8.45. The summed E-state index contributed by atoms with van der Waals surface area (Å²) >= 11 is 0. The maximum Gasteiger partial charge on any atom is 0.269 e. The number of nitrogens with zero attached hydrogens (tertiary/aromatic N) is 2. The number of rotatable bonds is 4. The van der Waals surface area contributed by atoms with Gasteiger partial charge in [-0.3, -0.25) is 19.7 Å². The number of aromatic nitrogens is 1. The van der Waals surface area contributed by atoms with Crippen LogP contribution in [0.2, 0.25) is 0 Å². The summed E-state index contributed by atoms with van der Waals surface area (Å²) in [6, 6.07) is 9.62. The van der Waals surface area contributed by atoms with Gasteiger partial charge >= 0.3 is 0 Å². The third kappa shape index (κ3) is 4.03. The molecule has 2 heterocycles. The maximum atomic E-state index is 13.4. The maximum absolute atomic E-state index is 13.4. The molecule has 1 aliphatic carbocycles. The fraction of sp³-hybridized carbons (Fsp3) is 0.292. The molecule has 2 atom stereocenters. The lowest BCUT2D eigenvalue weighted by atomic mass is 9.73. The predicted molar refractivity (Wildman–Crippen MR) is 120 cm³/mol. The van der Waals surface area contributed by atoms with Gasteiger partial charge in [0.1, 0.15) is 5.82 Å². The molecule has 0 saturated heterocycles. The molecule has 0 radical (unpaired) electrons. The van der Waals surface area contributed by atoms with Crippen molar-refractivity contribution in [2.75, 3.05) is 5.32 Å². The van der Waals surface area contributed by atoms with Crippen LogP contribution in [0.4, 0.5) is 11.5 Å². The van der Waals surface area contributed by atoms with Crippen LogP contribution >= 0.6 is 0 Å². The molecule has 1 amide bonds. The molecule has 1 aromatic heterocycles. The van der Waals surface area contributed by atoms with Crippen molar-refractivity contribution in [2.24, 2.45) is 5.92 Å². The fourth-order valence-electron chi connectivity index (χ4n) is 4.38. The molecular weight excluding hydrogens is 408 g/mol. The average molecular weight is 432 g/mol. The highest BCUT2D eigenvalue weighted by molar-refractivity contribution is 6.09. The van der Waals surface area contributed by atoms with Crippen molar-refractivity contribution in [1.29, 1.82) is 0 Å². The molecule has 1 aromatic carbocycles. The normalized spacial score (nSPS) is 20.5. The van der Waals surface area contributed by atoms with E-state index in [9.17, 15) is 19.7 Å². The standard InChI is InChI=1S/C24H24N4O4/c1-13-4-9-20(25-12-13)27-24(30)21-15(3)26-18-10-14(2)11-19(29)23(18)22(21)16-5-7-17(8-6-16)28(31)32/h4-9,12,14,22,26H,10-11H2,1-3H3,(H,25,27,30). The smallest absolute Gasteiger partial charge is 0.269 e. The summed E-state index contributed by atoms with van der Waals surface area (Å²) in [4.78, 5) is 41.4. The van der Waals surface area contributed by atoms with Crippen molar-refractivity contribution in [3.63, 3.8) is 0 Å². The number of ketones is 1. The van der Waals surface area contributed by atoms with E-state index in [0.717, 1.165) is 11.3 Å². The van der Waals surface area contributed by atoms with Crippen molar-refractivity contribution < 1.29 is 14.5 Å². The highest BCUT2D eigenvalue weighted by Gasteiger charge is 2.40. The van der Waals surface area contributed by atoms with Crippen molar-refractivity contribution in [3.8, 4) is 0 Å². The van der Waals surface area contributed by atoms with Crippen LogP contribution in [0, 0.1) is 23.0 Å². The lowest BCUT2D eigenvalue weighted by molar-refractivity contribution is -0.384. The Kier molecular flexibility index (Phi) is 5.61. The van der Waals surface area contributed by atoms with Crippen LogP contribution in [-0.2, 0) is 9.59 Å². The van der Waals surface area contributed by atoms with E-state index in [1.54, 1.807) is 24.4 Å². The van der Waals surface area contributed by atoms with Gasteiger partial charge in [0.2, 0.25) is 0 Å². The zero-order valence-corrected chi connectivity index (χ0v) is 18.1. The molecule has 4 rings (SSSR count). The minimum absolute atomic E-state index is 0.0131. The molecule has 1 aliphatic heterocycles. The van der Waals surface area contributed by atoms with E-state index in [2.05, 4.69) is 15.6 Å². The second kappa shape index (κ2) is 8.37. The number of allylic oxidation sites excluding steroid dienone is 3. The molecule has 2 N–H and O–H groups in total. The SMILES string of the molecule is CC1=C(C(=O)Nc2ccc(C)cn2)C(c2ccc([N+](=O)[O-])cc2)C2=C(CC(C)CC2=O)N1. The summed E-state index contributed by atoms with van der Waals surface area (Å²) in [5.41, 5.74) is 4.02. The van der Waals surface area contributed by atoms with Gasteiger partial charge in [-0.15, -0.1) is 0 Å². The molecule has 8 heteroatoms. The number of anilines is 1. The van der Waals surface area contributed by atoms with Crippen molar-refractivity contribution in [3.05, 3.63) is 86.4 Å². The molecule has 0 saturated carbocycles. The Labute approximate surface area is 185 Å². The van der Waals surface area contributed by atoms with Crippen LogP contribution in [0.1, 0.15) is 43.7 Å². The van der Waals surface area contributed by atoms with E-state index in [1.807, 2.05) is 26.8 Å². The summed E-state index contributed by atoms with van der Waals surface area (Å²) in [5.74, 6) is -0.385. The van der Waals surface area contributed by atoms with Crippen LogP contribution in [0.5, 0.6) is 0 Å². The van der Waals surface area contributed by atoms with Gasteiger partial charge in [0.15, 0.2) is 5.78 Å². The third-order valence-corrected chi connectivity index (χ3v) is 5.87. The van der Waals surface area contributed by atoms with Gasteiger partial charge in [-0.2, -0.15) is 0 Å². The van der Waals surface area contributed by atoms with E-state index in [4.69, 9.17) is 0 Å². The summed E-state index contributed by atoms with van der Waals surface area (Å²) in [6.45, 7) is 5.74. The first-order valence-corrected chi connectivity index (χ1v) is 10.5. The van der Waals surface area contributed by atoms with Crippen LogP contribution in [-0.4, -0.2) is 21.6 Å². The summed E-state index contributed by atoms with van der Waals surface area (Å²) in [5, 5.41) is 17.2. The van der Waals surface area contributed by atoms with E-state index in [1.165, 1.54) is 12.1 Å². The van der Waals surface area contributed by atoms with Gasteiger partial charge in [0, 0.05) is 53.2 Å². The largest absolute Gasteiger partial charge is 0.362 e. The Morgan fingerprint density at radius 1 is 1.16 bits per heavy atom. The highest BCUT2D eigenvalue weighted by Crippen LogP contribution is 2.43. The molecule has 32 heavy (non-hydrogen) atoms. The quantitative estimate of drug-likeness (QED) is 0.554. The highest BCUT2D eigenvalue weighted by atomic mass is 16.6. The zero-order chi connectivity index (χ0) is 23.0.